The molecule has 0 radical (unpaired) electrons. The van der Waals surface area contributed by atoms with Crippen molar-refractivity contribution in [2.24, 2.45) is 0 Å². The van der Waals surface area contributed by atoms with E-state index in [2.05, 4.69) is 0 Å². The van der Waals surface area contributed by atoms with Crippen LogP contribution < -0.4 is 0 Å². The Morgan fingerprint density at radius 2 is 2.00 bits per heavy atom. The van der Waals surface area contributed by atoms with E-state index in [0.717, 1.165) is 16.8 Å². The van der Waals surface area contributed by atoms with Crippen LogP contribution in [-0.4, -0.2) is 15.0 Å². The first-order chi connectivity index (χ1) is 5.70. The van der Waals surface area contributed by atoms with E-state index in [-0.39, 0.29) is 0 Å². The van der Waals surface area contributed by atoms with Gasteiger partial charge in [0.05, 0.1) is 0 Å². The summed E-state index contributed by atoms with van der Waals surface area (Å²) in [5, 5.41) is 8.42. The summed E-state index contributed by atoms with van der Waals surface area (Å²) in [5.74, 6) is 0. The van der Waals surface area contributed by atoms with E-state index >= 15 is 0 Å². The Kier molecular flexibility index (Phi) is 3.25. The van der Waals surface area contributed by atoms with E-state index in [1.54, 1.807) is 12.1 Å². The van der Waals surface area contributed by atoms with Crippen molar-refractivity contribution in [3.05, 3.63) is 30.3 Å². The summed E-state index contributed by atoms with van der Waals surface area (Å²) in [5.41, 5.74) is 0. The molecule has 64 valence electrons. The van der Waals surface area contributed by atoms with Crippen molar-refractivity contribution in [1.82, 2.24) is 3.82 Å². The normalized spacial score (nSPS) is 9.42. The lowest BCUT2D eigenvalue weighted by atomic mass is 10.4. The van der Waals surface area contributed by atoms with Gasteiger partial charge in [0.2, 0.25) is 0 Å². The fourth-order valence-corrected chi connectivity index (χ4v) is 1.39. The molecule has 1 amide bonds. The molecule has 1 rings (SSSR count). The maximum absolute atomic E-state index is 10.3. The van der Waals surface area contributed by atoms with Gasteiger partial charge in [-0.05, 0) is 12.1 Å². The van der Waals surface area contributed by atoms with Crippen molar-refractivity contribution in [2.75, 3.05) is 0 Å². The van der Waals surface area contributed by atoms with Crippen molar-refractivity contribution < 1.29 is 9.90 Å². The highest BCUT2D eigenvalue weighted by atomic mass is 35.5. The number of rotatable bonds is 2. The van der Waals surface area contributed by atoms with Crippen molar-refractivity contribution in [1.29, 1.82) is 0 Å². The molecule has 0 fully saturated rings. The molecule has 0 aliphatic rings. The zero-order chi connectivity index (χ0) is 8.97. The van der Waals surface area contributed by atoms with Gasteiger partial charge >= 0.3 is 6.09 Å². The second-order valence-electron chi connectivity index (χ2n) is 1.93. The molecule has 0 aliphatic carbocycles. The molecule has 0 bridgehead atoms. The summed E-state index contributed by atoms with van der Waals surface area (Å²) in [6, 6.07) is 9.04. The van der Waals surface area contributed by atoms with Crippen molar-refractivity contribution >= 4 is 29.8 Å². The Morgan fingerprint density at radius 1 is 1.42 bits per heavy atom. The summed E-state index contributed by atoms with van der Waals surface area (Å²) in [6.07, 6.45) is -1.18. The minimum absolute atomic E-state index is 0.634. The van der Waals surface area contributed by atoms with Gasteiger partial charge in [-0.3, -0.25) is 0 Å². The predicted octanol–water partition coefficient (Wildman–Crippen LogP) is 2.83. The van der Waals surface area contributed by atoms with Crippen LogP contribution in [0.2, 0.25) is 0 Å². The van der Waals surface area contributed by atoms with Crippen LogP contribution in [0, 0.1) is 0 Å². The van der Waals surface area contributed by atoms with Crippen LogP contribution in [0.25, 0.3) is 0 Å². The number of carbonyl (C=O) groups is 1. The molecule has 0 heterocycles. The first-order valence-corrected chi connectivity index (χ1v) is 4.23. The Morgan fingerprint density at radius 3 is 2.50 bits per heavy atom. The van der Waals surface area contributed by atoms with Gasteiger partial charge in [-0.25, -0.2) is 4.79 Å². The zero-order valence-electron chi connectivity index (χ0n) is 5.98. The van der Waals surface area contributed by atoms with Gasteiger partial charge in [0.1, 0.15) is 0 Å². The van der Waals surface area contributed by atoms with Crippen molar-refractivity contribution in [3.8, 4) is 0 Å². The molecule has 0 saturated carbocycles. The molecule has 0 saturated heterocycles. The molecule has 0 unspecified atom stereocenters. The molecular formula is C7H6ClNO2S. The molecule has 3 nitrogen and oxygen atoms in total. The number of benzene rings is 1. The highest BCUT2D eigenvalue weighted by Crippen LogP contribution is 2.23. The second kappa shape index (κ2) is 4.23. The maximum Gasteiger partial charge on any atom is 0.432 e. The zero-order valence-corrected chi connectivity index (χ0v) is 7.55. The summed E-state index contributed by atoms with van der Waals surface area (Å²) in [4.78, 5) is 11.1. The van der Waals surface area contributed by atoms with Gasteiger partial charge in [-0.2, -0.15) is 3.82 Å². The highest BCUT2D eigenvalue weighted by Gasteiger charge is 2.09. The third kappa shape index (κ3) is 2.64. The second-order valence-corrected chi connectivity index (χ2v) is 3.49. The Labute approximate surface area is 79.2 Å². The highest BCUT2D eigenvalue weighted by molar-refractivity contribution is 7.98. The van der Waals surface area contributed by atoms with E-state index in [1.807, 2.05) is 18.2 Å². The van der Waals surface area contributed by atoms with Crippen LogP contribution in [0.15, 0.2) is 35.2 Å². The average Bonchev–Trinajstić information content (AvgIpc) is 2.06. The smallest absolute Gasteiger partial charge is 0.432 e. The summed E-state index contributed by atoms with van der Waals surface area (Å²) < 4.78 is 0.634. The topological polar surface area (TPSA) is 40.5 Å². The maximum atomic E-state index is 10.3. The van der Waals surface area contributed by atoms with Crippen LogP contribution in [0.3, 0.4) is 0 Å². The van der Waals surface area contributed by atoms with Gasteiger partial charge in [-0.15, -0.1) is 0 Å². The Balaban J connectivity index is 2.58. The molecule has 5 heteroatoms. The average molecular weight is 204 g/mol. The Hall–Kier alpha value is -0.870. The largest absolute Gasteiger partial charge is 0.463 e. The summed E-state index contributed by atoms with van der Waals surface area (Å²) in [6.45, 7) is 0. The standard InChI is InChI=1S/C7H6ClNO2S/c8-9(7(10)11)12-6-4-2-1-3-5-6/h1-5H,(H,10,11). The number of nitrogens with zero attached hydrogens (tertiary/aromatic N) is 1. The van der Waals surface area contributed by atoms with E-state index in [1.165, 1.54) is 0 Å². The molecule has 12 heavy (non-hydrogen) atoms. The fourth-order valence-electron chi connectivity index (χ4n) is 0.613. The van der Waals surface area contributed by atoms with Gasteiger partial charge in [0.25, 0.3) is 0 Å². The third-order valence-electron chi connectivity index (χ3n) is 1.08. The molecule has 0 aromatic heterocycles. The van der Waals surface area contributed by atoms with Gasteiger partial charge in [-0.1, -0.05) is 18.2 Å². The molecule has 0 aliphatic heterocycles. The van der Waals surface area contributed by atoms with E-state index in [0.29, 0.717) is 3.82 Å². The lowest BCUT2D eigenvalue weighted by Crippen LogP contribution is -2.09. The molecule has 1 aromatic carbocycles. The molecular weight excluding hydrogens is 198 g/mol. The van der Waals surface area contributed by atoms with Crippen LogP contribution in [0.4, 0.5) is 4.79 Å². The quantitative estimate of drug-likeness (QED) is 0.594. The number of hydrogen-bond acceptors (Lipinski definition) is 2. The number of halogens is 1. The first kappa shape index (κ1) is 9.22. The SMILES string of the molecule is O=C(O)N(Cl)Sc1ccccc1. The number of amides is 1. The van der Waals surface area contributed by atoms with Crippen molar-refractivity contribution in [3.63, 3.8) is 0 Å². The van der Waals surface area contributed by atoms with Gasteiger partial charge in [0, 0.05) is 28.6 Å². The Bertz CT molecular complexity index is 267. The molecule has 0 atom stereocenters. The third-order valence-corrected chi connectivity index (χ3v) is 2.23. The van der Waals surface area contributed by atoms with E-state index in [9.17, 15) is 4.79 Å². The van der Waals surface area contributed by atoms with Gasteiger partial charge in [0.15, 0.2) is 0 Å². The van der Waals surface area contributed by atoms with E-state index in [4.69, 9.17) is 16.9 Å². The van der Waals surface area contributed by atoms with Crippen LogP contribution in [0.1, 0.15) is 0 Å². The van der Waals surface area contributed by atoms with Crippen LogP contribution in [0.5, 0.6) is 0 Å². The minimum atomic E-state index is -1.18. The number of hydrogen-bond donors (Lipinski definition) is 1. The fraction of sp³-hybridized carbons (Fsp3) is 0. The molecule has 1 N–H and O–H groups in total. The van der Waals surface area contributed by atoms with E-state index < -0.39 is 6.09 Å². The summed E-state index contributed by atoms with van der Waals surface area (Å²) in [7, 11) is 0. The lowest BCUT2D eigenvalue weighted by molar-refractivity contribution is 0.189. The monoisotopic (exact) mass is 203 g/mol. The van der Waals surface area contributed by atoms with Crippen LogP contribution in [-0.2, 0) is 0 Å². The van der Waals surface area contributed by atoms with Gasteiger partial charge < -0.3 is 5.11 Å². The van der Waals surface area contributed by atoms with Crippen LogP contribution >= 0.6 is 23.7 Å². The molecule has 0 spiro atoms. The summed E-state index contributed by atoms with van der Waals surface area (Å²) >= 11 is 6.30. The van der Waals surface area contributed by atoms with Crippen molar-refractivity contribution in [2.45, 2.75) is 4.90 Å². The first-order valence-electron chi connectivity index (χ1n) is 3.12. The minimum Gasteiger partial charge on any atom is -0.463 e. The predicted molar refractivity (Wildman–Crippen MR) is 48.0 cm³/mol. The number of carboxylic acid groups (broad SMARTS) is 1. The lowest BCUT2D eigenvalue weighted by Gasteiger charge is -2.06. The molecule has 1 aromatic rings.